The van der Waals surface area contributed by atoms with Gasteiger partial charge in [-0.15, -0.1) is 0 Å². The largest absolute Gasteiger partial charge is 0.368 e. The number of anilines is 2. The number of carbonyl (C=O) groups is 1. The van der Waals surface area contributed by atoms with Crippen molar-refractivity contribution in [2.75, 3.05) is 47.9 Å². The molecule has 2 saturated heterocycles. The van der Waals surface area contributed by atoms with Crippen LogP contribution in [0.15, 0.2) is 54.6 Å². The molecule has 0 atom stereocenters. The highest BCUT2D eigenvalue weighted by atomic mass is 32.3. The minimum atomic E-state index is -2.41. The molecule has 2 aliphatic rings. The van der Waals surface area contributed by atoms with E-state index in [2.05, 4.69) is 34.5 Å². The van der Waals surface area contributed by atoms with Crippen LogP contribution in [0.3, 0.4) is 0 Å². The van der Waals surface area contributed by atoms with Crippen LogP contribution in [-0.4, -0.2) is 57.7 Å². The van der Waals surface area contributed by atoms with Gasteiger partial charge in [0.2, 0.25) is 0 Å². The normalized spacial score (nSPS) is 20.9. The molecule has 0 aromatic heterocycles. The summed E-state index contributed by atoms with van der Waals surface area (Å²) in [5.41, 5.74) is 3.13. The van der Waals surface area contributed by atoms with E-state index in [0.29, 0.717) is 30.5 Å². The Morgan fingerprint density at radius 2 is 1.62 bits per heavy atom. The Morgan fingerprint density at radius 1 is 0.931 bits per heavy atom. The molecule has 0 radical (unpaired) electrons. The van der Waals surface area contributed by atoms with Gasteiger partial charge >= 0.3 is 6.03 Å². The number of nitrogens with one attached hydrogen (secondary N) is 1. The van der Waals surface area contributed by atoms with Gasteiger partial charge in [0.1, 0.15) is 0 Å². The summed E-state index contributed by atoms with van der Waals surface area (Å²) in [7, 11) is -2.41. The van der Waals surface area contributed by atoms with Gasteiger partial charge in [-0.05, 0) is 42.5 Å². The van der Waals surface area contributed by atoms with E-state index in [1.165, 1.54) is 5.56 Å². The summed E-state index contributed by atoms with van der Waals surface area (Å²) in [4.78, 5) is 16.8. The van der Waals surface area contributed by atoms with Crippen molar-refractivity contribution in [2.24, 2.45) is 0 Å². The van der Waals surface area contributed by atoms with Crippen molar-refractivity contribution in [1.82, 2.24) is 4.90 Å². The molecule has 29 heavy (non-hydrogen) atoms. The first kappa shape index (κ1) is 20.1. The lowest BCUT2D eigenvalue weighted by atomic mass is 9.90. The summed E-state index contributed by atoms with van der Waals surface area (Å²) in [6, 6.07) is 18.3. The molecule has 6 nitrogen and oxygen atoms in total. The highest BCUT2D eigenvalue weighted by molar-refractivity contribution is 8.24. The van der Waals surface area contributed by atoms with E-state index in [1.807, 2.05) is 35.2 Å². The topological polar surface area (TPSA) is 76.0 Å². The van der Waals surface area contributed by atoms with Crippen molar-refractivity contribution in [3.8, 4) is 0 Å². The highest BCUT2D eigenvalue weighted by Gasteiger charge is 2.25. The van der Waals surface area contributed by atoms with E-state index in [-0.39, 0.29) is 6.03 Å². The first-order valence-electron chi connectivity index (χ1n) is 10.2. The summed E-state index contributed by atoms with van der Waals surface area (Å²) in [6.07, 6.45) is 1.97. The summed E-state index contributed by atoms with van der Waals surface area (Å²) in [5, 5.41) is 3.03. The lowest BCUT2D eigenvalue weighted by Crippen LogP contribution is -2.40. The molecule has 0 bridgehead atoms. The fourth-order valence-electron chi connectivity index (χ4n) is 4.11. The predicted octanol–water partition coefficient (Wildman–Crippen LogP) is 4.67. The smallest absolute Gasteiger partial charge is 0.321 e. The number of amides is 2. The van der Waals surface area contributed by atoms with Crippen LogP contribution in [-0.2, 0) is 0 Å². The molecule has 7 heteroatoms. The van der Waals surface area contributed by atoms with E-state index < -0.39 is 10.6 Å². The fourth-order valence-corrected chi connectivity index (χ4v) is 5.34. The molecule has 0 spiro atoms. The Morgan fingerprint density at radius 3 is 2.31 bits per heavy atom. The molecule has 2 aromatic carbocycles. The van der Waals surface area contributed by atoms with Gasteiger partial charge in [-0.2, -0.15) is 10.6 Å². The number of carbonyl (C=O) groups excluding carboxylic acids is 1. The second kappa shape index (κ2) is 8.65. The number of hydrogen-bond acceptors (Lipinski definition) is 4. The Hall–Kier alpha value is -2.22. The standard InChI is InChI=1S/C22H29N3O3S/c26-22(25-11-9-19(10-12-25)18-5-2-1-3-6-18)23-20-7-4-8-21(17-20)24-13-15-29(27,28)16-14-24/h1-8,17,19,27-28H,9-16H2,(H,23,26). The number of piperidine rings is 1. The quantitative estimate of drug-likeness (QED) is 0.681. The molecule has 156 valence electrons. The van der Waals surface area contributed by atoms with Crippen LogP contribution in [0, 0.1) is 0 Å². The molecule has 3 N–H and O–H groups in total. The number of urea groups is 1. The van der Waals surface area contributed by atoms with Crippen molar-refractivity contribution < 1.29 is 13.9 Å². The Balaban J connectivity index is 1.32. The minimum absolute atomic E-state index is 0.0542. The van der Waals surface area contributed by atoms with Crippen molar-refractivity contribution >= 4 is 28.0 Å². The van der Waals surface area contributed by atoms with Crippen molar-refractivity contribution in [3.63, 3.8) is 0 Å². The average molecular weight is 416 g/mol. The third kappa shape index (κ3) is 5.04. The van der Waals surface area contributed by atoms with Crippen LogP contribution in [0.25, 0.3) is 0 Å². The molecule has 2 amide bonds. The molecule has 4 rings (SSSR count). The van der Waals surface area contributed by atoms with E-state index in [9.17, 15) is 13.9 Å². The lowest BCUT2D eigenvalue weighted by Gasteiger charge is -2.42. The van der Waals surface area contributed by atoms with Gasteiger partial charge in [0.15, 0.2) is 0 Å². The molecule has 2 aromatic rings. The van der Waals surface area contributed by atoms with E-state index in [4.69, 9.17) is 0 Å². The van der Waals surface area contributed by atoms with Crippen LogP contribution < -0.4 is 10.2 Å². The van der Waals surface area contributed by atoms with E-state index in [1.54, 1.807) is 0 Å². The number of likely N-dealkylation sites (tertiary alicyclic amines) is 1. The minimum Gasteiger partial charge on any atom is -0.368 e. The molecular weight excluding hydrogens is 386 g/mol. The molecule has 2 fully saturated rings. The number of nitrogens with zero attached hydrogens (tertiary/aromatic N) is 2. The summed E-state index contributed by atoms with van der Waals surface area (Å²) in [6.45, 7) is 2.75. The molecule has 2 aliphatic heterocycles. The number of hydrogen-bond donors (Lipinski definition) is 3. The summed E-state index contributed by atoms with van der Waals surface area (Å²) < 4.78 is 19.6. The van der Waals surface area contributed by atoms with E-state index in [0.717, 1.165) is 37.3 Å². The Kier molecular flexibility index (Phi) is 5.99. The van der Waals surface area contributed by atoms with Gasteiger partial charge in [-0.1, -0.05) is 36.4 Å². The maximum Gasteiger partial charge on any atom is 0.321 e. The zero-order valence-electron chi connectivity index (χ0n) is 16.5. The predicted molar refractivity (Wildman–Crippen MR) is 120 cm³/mol. The Bertz CT molecular complexity index is 828. The van der Waals surface area contributed by atoms with Gasteiger partial charge in [0.05, 0.1) is 11.5 Å². The zero-order valence-corrected chi connectivity index (χ0v) is 17.4. The van der Waals surface area contributed by atoms with Crippen molar-refractivity contribution in [3.05, 3.63) is 60.2 Å². The molecule has 0 aliphatic carbocycles. The highest BCUT2D eigenvalue weighted by Crippen LogP contribution is 2.41. The molecular formula is C22H29N3O3S. The van der Waals surface area contributed by atoms with Crippen molar-refractivity contribution in [1.29, 1.82) is 0 Å². The van der Waals surface area contributed by atoms with Gasteiger partial charge in [0, 0.05) is 37.6 Å². The van der Waals surface area contributed by atoms with Crippen LogP contribution in [0.1, 0.15) is 24.3 Å². The Labute approximate surface area is 173 Å². The third-order valence-electron chi connectivity index (χ3n) is 5.89. The second-order valence-corrected chi connectivity index (χ2v) is 10.3. The second-order valence-electron chi connectivity index (χ2n) is 7.85. The van der Waals surface area contributed by atoms with Crippen LogP contribution in [0.2, 0.25) is 0 Å². The first-order valence-corrected chi connectivity index (χ1v) is 12.1. The number of benzene rings is 2. The molecule has 0 unspecified atom stereocenters. The molecule has 0 saturated carbocycles. The van der Waals surface area contributed by atoms with Crippen LogP contribution >= 0.6 is 10.6 Å². The fraction of sp³-hybridized carbons (Fsp3) is 0.409. The summed E-state index contributed by atoms with van der Waals surface area (Å²) >= 11 is 0. The number of rotatable bonds is 3. The maximum atomic E-state index is 12.7. The van der Waals surface area contributed by atoms with Gasteiger partial charge in [-0.3, -0.25) is 9.11 Å². The van der Waals surface area contributed by atoms with E-state index >= 15 is 0 Å². The third-order valence-corrected chi connectivity index (χ3v) is 7.56. The van der Waals surface area contributed by atoms with Crippen LogP contribution in [0.5, 0.6) is 0 Å². The summed E-state index contributed by atoms with van der Waals surface area (Å²) in [5.74, 6) is 1.33. The molecule has 2 heterocycles. The lowest BCUT2D eigenvalue weighted by molar-refractivity contribution is 0.194. The van der Waals surface area contributed by atoms with Crippen molar-refractivity contribution in [2.45, 2.75) is 18.8 Å². The maximum absolute atomic E-state index is 12.7. The SMILES string of the molecule is O=C(Nc1cccc(N2CCS(O)(O)CC2)c1)N1CCC(c2ccccc2)CC1. The van der Waals surface area contributed by atoms with Gasteiger partial charge in [-0.25, -0.2) is 4.79 Å². The monoisotopic (exact) mass is 415 g/mol. The van der Waals surface area contributed by atoms with Crippen LogP contribution in [0.4, 0.5) is 16.2 Å². The van der Waals surface area contributed by atoms with Gasteiger partial charge in [0.25, 0.3) is 0 Å². The van der Waals surface area contributed by atoms with Gasteiger partial charge < -0.3 is 15.1 Å². The zero-order chi connectivity index (χ0) is 20.3. The average Bonchev–Trinajstić information content (AvgIpc) is 2.75. The first-order chi connectivity index (χ1) is 14.0.